The maximum Gasteiger partial charge on any atom is 0.223 e. The Hall–Kier alpha value is -1.13. The highest BCUT2D eigenvalue weighted by Crippen LogP contribution is 2.16. The van der Waals surface area contributed by atoms with Gasteiger partial charge in [-0.25, -0.2) is 4.39 Å². The monoisotopic (exact) mass is 286 g/mol. The van der Waals surface area contributed by atoms with Gasteiger partial charge in [-0.05, 0) is 43.1 Å². The fourth-order valence-corrected chi connectivity index (χ4v) is 2.05. The van der Waals surface area contributed by atoms with Crippen LogP contribution in [0.25, 0.3) is 0 Å². The normalized spacial score (nSPS) is 16.2. The third-order valence-electron chi connectivity index (χ3n) is 3.62. The molecule has 5 heteroatoms. The molecule has 1 fully saturated rings. The zero-order chi connectivity index (χ0) is 13.1. The molecule has 3 nitrogen and oxygen atoms in total. The zero-order valence-corrected chi connectivity index (χ0v) is 12.0. The van der Waals surface area contributed by atoms with E-state index in [1.165, 1.54) is 6.07 Å². The molecular formula is C14H20ClFN2O. The van der Waals surface area contributed by atoms with Crippen LogP contribution in [-0.4, -0.2) is 19.0 Å². The van der Waals surface area contributed by atoms with E-state index in [1.807, 2.05) is 6.92 Å². The highest BCUT2D eigenvalue weighted by atomic mass is 35.5. The SMILES string of the molecule is Cc1cc(CNC(=O)C(C)C2CNC2)ccc1F.Cl. The molecule has 1 aliphatic rings. The second-order valence-electron chi connectivity index (χ2n) is 5.01. The van der Waals surface area contributed by atoms with E-state index >= 15 is 0 Å². The Morgan fingerprint density at radius 3 is 2.74 bits per heavy atom. The van der Waals surface area contributed by atoms with Crippen molar-refractivity contribution < 1.29 is 9.18 Å². The third-order valence-corrected chi connectivity index (χ3v) is 3.62. The van der Waals surface area contributed by atoms with Gasteiger partial charge in [-0.3, -0.25) is 4.79 Å². The average Bonchev–Trinajstić information content (AvgIpc) is 2.28. The van der Waals surface area contributed by atoms with Crippen LogP contribution in [0.3, 0.4) is 0 Å². The van der Waals surface area contributed by atoms with E-state index in [9.17, 15) is 9.18 Å². The Kier molecular flexibility index (Phi) is 5.76. The van der Waals surface area contributed by atoms with E-state index in [0.717, 1.165) is 18.7 Å². The van der Waals surface area contributed by atoms with E-state index in [4.69, 9.17) is 0 Å². The van der Waals surface area contributed by atoms with Crippen molar-refractivity contribution in [3.63, 3.8) is 0 Å². The second-order valence-corrected chi connectivity index (χ2v) is 5.01. The molecule has 1 aliphatic heterocycles. The van der Waals surface area contributed by atoms with Crippen LogP contribution in [-0.2, 0) is 11.3 Å². The first-order chi connectivity index (χ1) is 8.58. The summed E-state index contributed by atoms with van der Waals surface area (Å²) in [6.07, 6.45) is 0. The van der Waals surface area contributed by atoms with Crippen LogP contribution in [0, 0.1) is 24.6 Å². The molecule has 1 saturated heterocycles. The molecule has 0 aliphatic carbocycles. The number of halogens is 2. The molecule has 1 aromatic rings. The Bertz CT molecular complexity index is 449. The Morgan fingerprint density at radius 1 is 1.53 bits per heavy atom. The standard InChI is InChI=1S/C14H19FN2O.ClH/c1-9-5-11(3-4-13(9)15)6-17-14(18)10(2)12-7-16-8-12;/h3-5,10,12,16H,6-8H2,1-2H3,(H,17,18);1H. The Balaban J connectivity index is 0.00000180. The lowest BCUT2D eigenvalue weighted by Gasteiger charge is -2.31. The van der Waals surface area contributed by atoms with E-state index in [1.54, 1.807) is 19.1 Å². The van der Waals surface area contributed by atoms with Gasteiger partial charge in [-0.1, -0.05) is 19.1 Å². The maximum absolute atomic E-state index is 13.1. The summed E-state index contributed by atoms with van der Waals surface area (Å²) in [6, 6.07) is 4.92. The number of benzene rings is 1. The lowest BCUT2D eigenvalue weighted by molar-refractivity contribution is -0.126. The van der Waals surface area contributed by atoms with Gasteiger partial charge in [0.05, 0.1) is 0 Å². The van der Waals surface area contributed by atoms with E-state index in [0.29, 0.717) is 18.0 Å². The number of carbonyl (C=O) groups excluding carboxylic acids is 1. The summed E-state index contributed by atoms with van der Waals surface area (Å²) in [5.74, 6) is 0.343. The zero-order valence-electron chi connectivity index (χ0n) is 11.2. The largest absolute Gasteiger partial charge is 0.352 e. The minimum absolute atomic E-state index is 0. The van der Waals surface area contributed by atoms with E-state index in [-0.39, 0.29) is 30.0 Å². The molecule has 1 unspecified atom stereocenters. The van der Waals surface area contributed by atoms with Gasteiger partial charge >= 0.3 is 0 Å². The lowest BCUT2D eigenvalue weighted by atomic mass is 9.88. The first-order valence-electron chi connectivity index (χ1n) is 6.31. The number of aryl methyl sites for hydroxylation is 1. The predicted octanol–water partition coefficient (Wildman–Crippen LogP) is 2.03. The minimum atomic E-state index is -0.209. The van der Waals surface area contributed by atoms with Crippen molar-refractivity contribution in [1.29, 1.82) is 0 Å². The van der Waals surface area contributed by atoms with Crippen molar-refractivity contribution >= 4 is 18.3 Å². The summed E-state index contributed by atoms with van der Waals surface area (Å²) >= 11 is 0. The summed E-state index contributed by atoms with van der Waals surface area (Å²) in [6.45, 7) is 5.99. The number of hydrogen-bond acceptors (Lipinski definition) is 2. The van der Waals surface area contributed by atoms with Gasteiger partial charge in [0.25, 0.3) is 0 Å². The Labute approximate surface area is 119 Å². The molecule has 2 rings (SSSR count). The Morgan fingerprint density at radius 2 is 2.21 bits per heavy atom. The first-order valence-corrected chi connectivity index (χ1v) is 6.31. The molecule has 1 atom stereocenters. The first kappa shape index (κ1) is 15.9. The van der Waals surface area contributed by atoms with Gasteiger partial charge in [-0.15, -0.1) is 12.4 Å². The van der Waals surface area contributed by atoms with Crippen LogP contribution in [0.2, 0.25) is 0 Å². The molecule has 19 heavy (non-hydrogen) atoms. The number of nitrogens with one attached hydrogen (secondary N) is 2. The second kappa shape index (κ2) is 6.87. The topological polar surface area (TPSA) is 41.1 Å². The maximum atomic E-state index is 13.1. The van der Waals surface area contributed by atoms with Crippen LogP contribution < -0.4 is 10.6 Å². The molecule has 0 bridgehead atoms. The summed E-state index contributed by atoms with van der Waals surface area (Å²) < 4.78 is 13.1. The van der Waals surface area contributed by atoms with Crippen LogP contribution in [0.15, 0.2) is 18.2 Å². The minimum Gasteiger partial charge on any atom is -0.352 e. The smallest absolute Gasteiger partial charge is 0.223 e. The van der Waals surface area contributed by atoms with Crippen molar-refractivity contribution in [2.75, 3.05) is 13.1 Å². The van der Waals surface area contributed by atoms with Crippen molar-refractivity contribution in [3.8, 4) is 0 Å². The van der Waals surface area contributed by atoms with Crippen LogP contribution in [0.1, 0.15) is 18.1 Å². The summed E-state index contributed by atoms with van der Waals surface area (Å²) in [5, 5.41) is 6.07. The molecule has 106 valence electrons. The van der Waals surface area contributed by atoms with Crippen LogP contribution in [0.4, 0.5) is 4.39 Å². The highest BCUT2D eigenvalue weighted by Gasteiger charge is 2.28. The fraction of sp³-hybridized carbons (Fsp3) is 0.500. The average molecular weight is 287 g/mol. The number of rotatable bonds is 4. The molecule has 0 aromatic heterocycles. The van der Waals surface area contributed by atoms with E-state index in [2.05, 4.69) is 10.6 Å². The predicted molar refractivity (Wildman–Crippen MR) is 75.8 cm³/mol. The van der Waals surface area contributed by atoms with Gasteiger partial charge in [0.2, 0.25) is 5.91 Å². The molecule has 2 N–H and O–H groups in total. The lowest BCUT2D eigenvalue weighted by Crippen LogP contribution is -2.49. The summed E-state index contributed by atoms with van der Waals surface area (Å²) in [5.41, 5.74) is 1.54. The molecule has 0 saturated carbocycles. The van der Waals surface area contributed by atoms with Crippen molar-refractivity contribution in [2.24, 2.45) is 11.8 Å². The summed E-state index contributed by atoms with van der Waals surface area (Å²) in [4.78, 5) is 11.9. The molecule has 0 radical (unpaired) electrons. The summed E-state index contributed by atoms with van der Waals surface area (Å²) in [7, 11) is 0. The van der Waals surface area contributed by atoms with Gasteiger partial charge in [0.1, 0.15) is 5.82 Å². The van der Waals surface area contributed by atoms with E-state index < -0.39 is 0 Å². The molecular weight excluding hydrogens is 267 g/mol. The van der Waals surface area contributed by atoms with Crippen LogP contribution in [0.5, 0.6) is 0 Å². The number of amides is 1. The van der Waals surface area contributed by atoms with Gasteiger partial charge in [0.15, 0.2) is 0 Å². The molecule has 1 aromatic carbocycles. The van der Waals surface area contributed by atoms with Crippen LogP contribution >= 0.6 is 12.4 Å². The van der Waals surface area contributed by atoms with Crippen molar-refractivity contribution in [2.45, 2.75) is 20.4 Å². The van der Waals surface area contributed by atoms with Gasteiger partial charge in [-0.2, -0.15) is 0 Å². The quantitative estimate of drug-likeness (QED) is 0.889. The van der Waals surface area contributed by atoms with Crippen molar-refractivity contribution in [3.05, 3.63) is 35.1 Å². The molecule has 1 heterocycles. The third kappa shape index (κ3) is 3.91. The highest BCUT2D eigenvalue weighted by molar-refractivity contribution is 5.85. The van der Waals surface area contributed by atoms with Gasteiger partial charge < -0.3 is 10.6 Å². The van der Waals surface area contributed by atoms with Gasteiger partial charge in [0, 0.05) is 12.5 Å². The molecule has 0 spiro atoms. The van der Waals surface area contributed by atoms with Crippen molar-refractivity contribution in [1.82, 2.24) is 10.6 Å². The molecule has 1 amide bonds. The fourth-order valence-electron chi connectivity index (χ4n) is 2.05. The number of hydrogen-bond donors (Lipinski definition) is 2. The number of carbonyl (C=O) groups is 1.